The number of amides is 1. The number of phenolic OH excluding ortho intramolecular Hbond substituents is 1. The lowest BCUT2D eigenvalue weighted by Crippen LogP contribution is -2.35. The Morgan fingerprint density at radius 2 is 2.12 bits per heavy atom. The molecule has 2 aliphatic heterocycles. The van der Waals surface area contributed by atoms with Crippen LogP contribution in [0.2, 0.25) is 0 Å². The van der Waals surface area contributed by atoms with Gasteiger partial charge < -0.3 is 10.0 Å². The monoisotopic (exact) mass is 217 g/mol. The molecule has 0 aliphatic carbocycles. The number of rotatable bonds is 0. The Hall–Kier alpha value is -1.84. The Balaban J connectivity index is 2.18. The van der Waals surface area contributed by atoms with E-state index in [1.807, 2.05) is 6.07 Å². The molecule has 1 atom stereocenters. The molecule has 4 nitrogen and oxygen atoms in total. The second kappa shape index (κ2) is 3.07. The summed E-state index contributed by atoms with van der Waals surface area (Å²) in [5, 5.41) is 9.82. The zero-order chi connectivity index (χ0) is 11.3. The quantitative estimate of drug-likeness (QED) is 0.654. The summed E-state index contributed by atoms with van der Waals surface area (Å²) >= 11 is 0. The van der Waals surface area contributed by atoms with Gasteiger partial charge in [-0.05, 0) is 18.1 Å². The number of Topliss-reactive ketones (excluding diaryl/α,β-unsaturated/α-hetero) is 1. The Kier molecular flexibility index (Phi) is 1.80. The zero-order valence-electron chi connectivity index (χ0n) is 8.64. The molecule has 16 heavy (non-hydrogen) atoms. The number of fused-ring (bicyclic) bond motifs is 3. The lowest BCUT2D eigenvalue weighted by atomic mass is 9.91. The van der Waals surface area contributed by atoms with E-state index >= 15 is 0 Å². The van der Waals surface area contributed by atoms with Gasteiger partial charge in [0.1, 0.15) is 11.8 Å². The number of carbonyl (C=O) groups is 2. The van der Waals surface area contributed by atoms with Crippen LogP contribution in [0.25, 0.3) is 0 Å². The smallest absolute Gasteiger partial charge is 0.231 e. The molecule has 1 aromatic rings. The van der Waals surface area contributed by atoms with Crippen LogP contribution in [-0.2, 0) is 16.0 Å². The predicted molar refractivity (Wildman–Crippen MR) is 55.9 cm³/mol. The van der Waals surface area contributed by atoms with Gasteiger partial charge in [-0.3, -0.25) is 9.59 Å². The summed E-state index contributed by atoms with van der Waals surface area (Å²) in [7, 11) is 0. The van der Waals surface area contributed by atoms with Gasteiger partial charge in [-0.2, -0.15) is 0 Å². The highest BCUT2D eigenvalue weighted by Crippen LogP contribution is 2.40. The average Bonchev–Trinajstić information content (AvgIpc) is 2.55. The third kappa shape index (κ3) is 1.10. The fraction of sp³-hybridized carbons (Fsp3) is 0.333. The summed E-state index contributed by atoms with van der Waals surface area (Å²) in [4.78, 5) is 24.9. The first-order valence-electron chi connectivity index (χ1n) is 5.31. The van der Waals surface area contributed by atoms with Gasteiger partial charge in [-0.25, -0.2) is 0 Å². The van der Waals surface area contributed by atoms with E-state index in [-0.39, 0.29) is 23.9 Å². The SMILES string of the molecule is O=C1CC(=O)N2CCc3cccc(O)c3C12. The standard InChI is InChI=1S/C12H11NO3/c14-8-3-1-2-7-4-5-13-10(16)6-9(15)12(13)11(7)8/h1-3,12,14H,4-6H2. The van der Waals surface area contributed by atoms with Gasteiger partial charge in [-0.1, -0.05) is 12.1 Å². The second-order valence-electron chi connectivity index (χ2n) is 4.23. The first-order chi connectivity index (χ1) is 7.68. The van der Waals surface area contributed by atoms with Crippen molar-refractivity contribution in [2.45, 2.75) is 18.9 Å². The van der Waals surface area contributed by atoms with Crippen molar-refractivity contribution in [3.05, 3.63) is 29.3 Å². The molecule has 0 saturated carbocycles. The highest BCUT2D eigenvalue weighted by molar-refractivity contribution is 6.08. The first kappa shape index (κ1) is 9.39. The van der Waals surface area contributed by atoms with Crippen LogP contribution in [0, 0.1) is 0 Å². The average molecular weight is 217 g/mol. The summed E-state index contributed by atoms with van der Waals surface area (Å²) < 4.78 is 0. The van der Waals surface area contributed by atoms with E-state index in [9.17, 15) is 14.7 Å². The van der Waals surface area contributed by atoms with Gasteiger partial charge in [0.15, 0.2) is 5.78 Å². The molecule has 2 heterocycles. The van der Waals surface area contributed by atoms with E-state index in [1.165, 1.54) is 0 Å². The third-order valence-electron chi connectivity index (χ3n) is 3.33. The molecular weight excluding hydrogens is 206 g/mol. The van der Waals surface area contributed by atoms with Crippen molar-refractivity contribution in [2.75, 3.05) is 6.54 Å². The van der Waals surface area contributed by atoms with Gasteiger partial charge in [-0.15, -0.1) is 0 Å². The summed E-state index contributed by atoms with van der Waals surface area (Å²) in [5.74, 6) is -0.105. The molecule has 0 spiro atoms. The first-order valence-corrected chi connectivity index (χ1v) is 5.31. The number of carbonyl (C=O) groups excluding carboxylic acids is 2. The van der Waals surface area contributed by atoms with Gasteiger partial charge in [0.05, 0.1) is 6.42 Å². The molecule has 1 N–H and O–H groups in total. The highest BCUT2D eigenvalue weighted by Gasteiger charge is 2.43. The topological polar surface area (TPSA) is 57.6 Å². The van der Waals surface area contributed by atoms with Crippen molar-refractivity contribution < 1.29 is 14.7 Å². The van der Waals surface area contributed by atoms with Crippen molar-refractivity contribution >= 4 is 11.7 Å². The van der Waals surface area contributed by atoms with E-state index in [0.29, 0.717) is 18.5 Å². The highest BCUT2D eigenvalue weighted by atomic mass is 16.3. The maximum absolute atomic E-state index is 11.8. The molecule has 1 amide bonds. The molecule has 0 bridgehead atoms. The lowest BCUT2D eigenvalue weighted by molar-refractivity contribution is -0.129. The number of hydrogen-bond acceptors (Lipinski definition) is 3. The molecule has 0 aromatic heterocycles. The third-order valence-corrected chi connectivity index (χ3v) is 3.33. The van der Waals surface area contributed by atoms with Gasteiger partial charge in [0.25, 0.3) is 0 Å². The molecule has 1 unspecified atom stereocenters. The van der Waals surface area contributed by atoms with Crippen LogP contribution in [0.5, 0.6) is 5.75 Å². The number of ketones is 1. The predicted octanol–water partition coefficient (Wildman–Crippen LogP) is 0.791. The minimum atomic E-state index is -0.544. The number of benzene rings is 1. The van der Waals surface area contributed by atoms with Crippen LogP contribution in [-0.4, -0.2) is 28.2 Å². The normalized spacial score (nSPS) is 23.2. The molecule has 1 aromatic carbocycles. The zero-order valence-corrected chi connectivity index (χ0v) is 8.64. The molecule has 3 rings (SSSR count). The molecule has 0 radical (unpaired) electrons. The Bertz CT molecular complexity index is 495. The minimum absolute atomic E-state index is 0.0293. The minimum Gasteiger partial charge on any atom is -0.508 e. The second-order valence-corrected chi connectivity index (χ2v) is 4.23. The van der Waals surface area contributed by atoms with Gasteiger partial charge in [0, 0.05) is 12.1 Å². The summed E-state index contributed by atoms with van der Waals surface area (Å²) in [6, 6.07) is 4.70. The van der Waals surface area contributed by atoms with Crippen molar-refractivity contribution in [3.63, 3.8) is 0 Å². The summed E-state index contributed by atoms with van der Waals surface area (Å²) in [6.07, 6.45) is 0.678. The fourth-order valence-corrected chi connectivity index (χ4v) is 2.61. The van der Waals surface area contributed by atoms with E-state index in [0.717, 1.165) is 5.56 Å². The van der Waals surface area contributed by atoms with Crippen molar-refractivity contribution in [3.8, 4) is 5.75 Å². The van der Waals surface area contributed by atoms with Crippen LogP contribution in [0.15, 0.2) is 18.2 Å². The molecule has 1 fully saturated rings. The van der Waals surface area contributed by atoms with Gasteiger partial charge in [0.2, 0.25) is 5.91 Å². The maximum atomic E-state index is 11.8. The van der Waals surface area contributed by atoms with Crippen LogP contribution in [0.3, 0.4) is 0 Å². The van der Waals surface area contributed by atoms with Crippen LogP contribution in [0.4, 0.5) is 0 Å². The lowest BCUT2D eigenvalue weighted by Gasteiger charge is -2.31. The summed E-state index contributed by atoms with van der Waals surface area (Å²) in [6.45, 7) is 0.575. The van der Waals surface area contributed by atoms with Crippen molar-refractivity contribution in [1.82, 2.24) is 4.90 Å². The maximum Gasteiger partial charge on any atom is 0.231 e. The van der Waals surface area contributed by atoms with Crippen molar-refractivity contribution in [2.24, 2.45) is 0 Å². The van der Waals surface area contributed by atoms with Crippen LogP contribution in [0.1, 0.15) is 23.6 Å². The number of hydrogen-bond donors (Lipinski definition) is 1. The number of aromatic hydroxyl groups is 1. The van der Waals surface area contributed by atoms with E-state index in [1.54, 1.807) is 17.0 Å². The Morgan fingerprint density at radius 3 is 2.94 bits per heavy atom. The molecule has 2 aliphatic rings. The van der Waals surface area contributed by atoms with E-state index in [4.69, 9.17) is 0 Å². The van der Waals surface area contributed by atoms with Gasteiger partial charge >= 0.3 is 0 Å². The van der Waals surface area contributed by atoms with Crippen LogP contribution >= 0.6 is 0 Å². The number of nitrogens with zero attached hydrogens (tertiary/aromatic N) is 1. The molecule has 4 heteroatoms. The summed E-state index contributed by atoms with van der Waals surface area (Å²) in [5.41, 5.74) is 1.61. The van der Waals surface area contributed by atoms with Crippen LogP contribution < -0.4 is 0 Å². The molecule has 1 saturated heterocycles. The Morgan fingerprint density at radius 1 is 1.31 bits per heavy atom. The largest absolute Gasteiger partial charge is 0.508 e. The van der Waals surface area contributed by atoms with Crippen molar-refractivity contribution in [1.29, 1.82) is 0 Å². The fourth-order valence-electron chi connectivity index (χ4n) is 2.61. The van der Waals surface area contributed by atoms with E-state index in [2.05, 4.69) is 0 Å². The molecule has 82 valence electrons. The van der Waals surface area contributed by atoms with E-state index < -0.39 is 6.04 Å². The number of phenols is 1. The Labute approximate surface area is 92.5 Å². The molecular formula is C12H11NO3.